The van der Waals surface area contributed by atoms with Crippen molar-refractivity contribution in [1.29, 1.82) is 0 Å². The molecule has 2 heterocycles. The van der Waals surface area contributed by atoms with Crippen molar-refractivity contribution in [2.24, 2.45) is 0 Å². The fraction of sp³-hybridized carbons (Fsp3) is 0.360. The molecule has 0 saturated carbocycles. The van der Waals surface area contributed by atoms with Crippen molar-refractivity contribution in [3.63, 3.8) is 0 Å². The number of para-hydroxylation sites is 1. The number of anilines is 1. The van der Waals surface area contributed by atoms with E-state index in [1.165, 1.54) is 28.8 Å². The van der Waals surface area contributed by atoms with E-state index in [-0.39, 0.29) is 5.97 Å². The van der Waals surface area contributed by atoms with E-state index in [2.05, 4.69) is 36.9 Å². The lowest BCUT2D eigenvalue weighted by Crippen LogP contribution is -3.13. The largest absolute Gasteiger partial charge is 0.465 e. The summed E-state index contributed by atoms with van der Waals surface area (Å²) >= 11 is 0. The number of hydrogen-bond acceptors (Lipinski definition) is 4. The quantitative estimate of drug-likeness (QED) is 0.680. The van der Waals surface area contributed by atoms with Crippen LogP contribution in [-0.4, -0.2) is 44.2 Å². The zero-order valence-electron chi connectivity index (χ0n) is 18.3. The molecule has 2 aromatic carbocycles. The Kier molecular flexibility index (Phi) is 5.73. The minimum Gasteiger partial charge on any atom is -0.465 e. The number of rotatable bonds is 4. The van der Waals surface area contributed by atoms with Gasteiger partial charge in [0.2, 0.25) is 0 Å². The Bertz CT molecular complexity index is 1090. The van der Waals surface area contributed by atoms with Crippen LogP contribution in [0, 0.1) is 20.8 Å². The number of aromatic nitrogens is 1. The number of methoxy groups -OCH3 is 1. The van der Waals surface area contributed by atoms with E-state index in [4.69, 9.17) is 9.72 Å². The summed E-state index contributed by atoms with van der Waals surface area (Å²) in [5.74, 6) is -0.297. The van der Waals surface area contributed by atoms with E-state index >= 15 is 0 Å². The number of piperazine rings is 1. The van der Waals surface area contributed by atoms with Gasteiger partial charge in [-0.05, 0) is 49.6 Å². The second kappa shape index (κ2) is 8.44. The number of esters is 1. The third-order valence-electron chi connectivity index (χ3n) is 6.42. The van der Waals surface area contributed by atoms with Crippen molar-refractivity contribution in [2.45, 2.75) is 27.3 Å². The van der Waals surface area contributed by atoms with Crippen molar-refractivity contribution >= 4 is 22.6 Å². The average molecular weight is 405 g/mol. The van der Waals surface area contributed by atoms with Gasteiger partial charge >= 0.3 is 5.97 Å². The number of carbonyl (C=O) groups excluding carboxylic acids is 1. The summed E-state index contributed by atoms with van der Waals surface area (Å²) in [6.45, 7) is 11.1. The highest BCUT2D eigenvalue weighted by molar-refractivity contribution is 5.98. The SMILES string of the molecule is COC(=O)c1c(C[NH+]2CCN(c3cccc(C)c3C)CC2)nc2ccccc2c1C. The van der Waals surface area contributed by atoms with Crippen molar-refractivity contribution in [2.75, 3.05) is 38.2 Å². The van der Waals surface area contributed by atoms with Crippen LogP contribution in [0.5, 0.6) is 0 Å². The minimum atomic E-state index is -0.297. The van der Waals surface area contributed by atoms with Gasteiger partial charge in [0.05, 0.1) is 44.4 Å². The van der Waals surface area contributed by atoms with Crippen LogP contribution >= 0.6 is 0 Å². The van der Waals surface area contributed by atoms with Crippen LogP contribution < -0.4 is 9.80 Å². The Labute approximate surface area is 178 Å². The summed E-state index contributed by atoms with van der Waals surface area (Å²) < 4.78 is 5.10. The van der Waals surface area contributed by atoms with Gasteiger partial charge in [0.15, 0.2) is 0 Å². The Balaban J connectivity index is 1.56. The highest BCUT2D eigenvalue weighted by Gasteiger charge is 2.26. The molecule has 0 bridgehead atoms. The number of fused-ring (bicyclic) bond motifs is 1. The van der Waals surface area contributed by atoms with Crippen LogP contribution in [0.25, 0.3) is 10.9 Å². The van der Waals surface area contributed by atoms with Crippen LogP contribution in [0.1, 0.15) is 32.7 Å². The van der Waals surface area contributed by atoms with Gasteiger partial charge in [-0.25, -0.2) is 9.78 Å². The van der Waals surface area contributed by atoms with Crippen molar-refractivity contribution in [1.82, 2.24) is 4.98 Å². The number of nitrogens with one attached hydrogen (secondary N) is 1. The lowest BCUT2D eigenvalue weighted by atomic mass is 10.0. The zero-order chi connectivity index (χ0) is 21.3. The minimum absolute atomic E-state index is 0.297. The van der Waals surface area contributed by atoms with Crippen LogP contribution in [0.2, 0.25) is 0 Å². The smallest absolute Gasteiger partial charge is 0.340 e. The van der Waals surface area contributed by atoms with E-state index in [0.717, 1.165) is 54.9 Å². The van der Waals surface area contributed by atoms with Gasteiger partial charge in [0.25, 0.3) is 0 Å². The van der Waals surface area contributed by atoms with E-state index in [1.54, 1.807) is 0 Å². The molecule has 4 rings (SSSR count). The maximum absolute atomic E-state index is 12.6. The van der Waals surface area contributed by atoms with Crippen LogP contribution in [0.3, 0.4) is 0 Å². The van der Waals surface area contributed by atoms with Gasteiger partial charge in [-0.15, -0.1) is 0 Å². The normalized spacial score (nSPS) is 14.9. The standard InChI is InChI=1S/C25H29N3O2/c1-17-8-7-11-23(18(17)2)28-14-12-27(13-15-28)16-22-24(25(29)30-4)19(3)20-9-5-6-10-21(20)26-22/h5-11H,12-16H2,1-4H3/p+1. The third kappa shape index (κ3) is 3.77. The molecule has 1 fully saturated rings. The number of aryl methyl sites for hydroxylation is 2. The summed E-state index contributed by atoms with van der Waals surface area (Å²) in [6.07, 6.45) is 0. The molecular formula is C25H30N3O2+. The Hall–Kier alpha value is -2.92. The Morgan fingerprint density at radius 1 is 1.03 bits per heavy atom. The first-order valence-electron chi connectivity index (χ1n) is 10.6. The van der Waals surface area contributed by atoms with E-state index in [1.807, 2.05) is 31.2 Å². The third-order valence-corrected chi connectivity index (χ3v) is 6.42. The monoisotopic (exact) mass is 404 g/mol. The van der Waals surface area contributed by atoms with Gasteiger partial charge < -0.3 is 14.5 Å². The number of benzene rings is 2. The van der Waals surface area contributed by atoms with Crippen LogP contribution in [0.4, 0.5) is 5.69 Å². The zero-order valence-corrected chi connectivity index (χ0v) is 18.3. The fourth-order valence-electron chi connectivity index (χ4n) is 4.50. The molecule has 5 heteroatoms. The predicted molar refractivity (Wildman–Crippen MR) is 120 cm³/mol. The van der Waals surface area contributed by atoms with Crippen molar-refractivity contribution < 1.29 is 14.4 Å². The average Bonchev–Trinajstić information content (AvgIpc) is 2.76. The lowest BCUT2D eigenvalue weighted by Gasteiger charge is -2.34. The predicted octanol–water partition coefficient (Wildman–Crippen LogP) is 2.85. The summed E-state index contributed by atoms with van der Waals surface area (Å²) in [5.41, 5.74) is 7.39. The molecular weight excluding hydrogens is 374 g/mol. The van der Waals surface area contributed by atoms with Crippen LogP contribution in [-0.2, 0) is 11.3 Å². The molecule has 1 aromatic heterocycles. The summed E-state index contributed by atoms with van der Waals surface area (Å²) in [6, 6.07) is 14.5. The second-order valence-corrected chi connectivity index (χ2v) is 8.20. The Morgan fingerprint density at radius 2 is 1.77 bits per heavy atom. The molecule has 156 valence electrons. The molecule has 0 unspecified atom stereocenters. The van der Waals surface area contributed by atoms with Gasteiger partial charge in [0, 0.05) is 11.1 Å². The number of hydrogen-bond donors (Lipinski definition) is 1. The van der Waals surface area contributed by atoms with Crippen molar-refractivity contribution in [3.05, 3.63) is 70.4 Å². The maximum Gasteiger partial charge on any atom is 0.340 e. The number of ether oxygens (including phenoxy) is 1. The molecule has 0 amide bonds. The second-order valence-electron chi connectivity index (χ2n) is 8.20. The summed E-state index contributed by atoms with van der Waals surface area (Å²) in [4.78, 5) is 21.4. The van der Waals surface area contributed by atoms with Gasteiger partial charge in [0.1, 0.15) is 12.2 Å². The number of quaternary nitrogens is 1. The van der Waals surface area contributed by atoms with E-state index in [0.29, 0.717) is 5.56 Å². The van der Waals surface area contributed by atoms with Gasteiger partial charge in [-0.3, -0.25) is 0 Å². The van der Waals surface area contributed by atoms with Gasteiger partial charge in [-0.2, -0.15) is 0 Å². The topological polar surface area (TPSA) is 46.9 Å². The molecule has 0 radical (unpaired) electrons. The van der Waals surface area contributed by atoms with Crippen LogP contribution in [0.15, 0.2) is 42.5 Å². The fourth-order valence-corrected chi connectivity index (χ4v) is 4.50. The molecule has 1 saturated heterocycles. The molecule has 3 aromatic rings. The maximum atomic E-state index is 12.6. The molecule has 1 aliphatic heterocycles. The first kappa shape index (κ1) is 20.4. The molecule has 0 atom stereocenters. The molecule has 5 nitrogen and oxygen atoms in total. The first-order valence-corrected chi connectivity index (χ1v) is 10.6. The molecule has 0 aliphatic carbocycles. The number of pyridine rings is 1. The number of nitrogens with zero attached hydrogens (tertiary/aromatic N) is 2. The molecule has 30 heavy (non-hydrogen) atoms. The molecule has 0 spiro atoms. The number of carbonyl (C=O) groups is 1. The highest BCUT2D eigenvalue weighted by Crippen LogP contribution is 2.24. The molecule has 1 N–H and O–H groups in total. The summed E-state index contributed by atoms with van der Waals surface area (Å²) in [5, 5.41) is 1.01. The van der Waals surface area contributed by atoms with E-state index < -0.39 is 0 Å². The Morgan fingerprint density at radius 3 is 2.50 bits per heavy atom. The highest BCUT2D eigenvalue weighted by atomic mass is 16.5. The van der Waals surface area contributed by atoms with E-state index in [9.17, 15) is 4.79 Å². The molecule has 1 aliphatic rings. The lowest BCUT2D eigenvalue weighted by molar-refractivity contribution is -0.914. The summed E-state index contributed by atoms with van der Waals surface area (Å²) in [7, 11) is 1.44. The van der Waals surface area contributed by atoms with Crippen molar-refractivity contribution in [3.8, 4) is 0 Å². The first-order chi connectivity index (χ1) is 14.5. The van der Waals surface area contributed by atoms with Gasteiger partial charge in [-0.1, -0.05) is 30.3 Å².